The van der Waals surface area contributed by atoms with Gasteiger partial charge in [0.2, 0.25) is 10.0 Å². The normalized spacial score (nSPS) is 14.4. The minimum Gasteiger partial charge on any atom is -0.493 e. The summed E-state index contributed by atoms with van der Waals surface area (Å²) in [6, 6.07) is 20.1. The molecule has 0 saturated carbocycles. The first-order valence-corrected chi connectivity index (χ1v) is 13.0. The van der Waals surface area contributed by atoms with Crippen LogP contribution in [0.25, 0.3) is 22.1 Å². The number of methoxy groups -OCH3 is 1. The molecular weight excluding hydrogens is 496 g/mol. The molecule has 0 bridgehead atoms. The van der Waals surface area contributed by atoms with E-state index in [0.29, 0.717) is 41.2 Å². The zero-order valence-corrected chi connectivity index (χ0v) is 20.8. The van der Waals surface area contributed by atoms with Crippen molar-refractivity contribution in [2.45, 2.75) is 4.90 Å². The van der Waals surface area contributed by atoms with Gasteiger partial charge in [-0.2, -0.15) is 4.31 Å². The summed E-state index contributed by atoms with van der Waals surface area (Å²) in [6.07, 6.45) is 0. The second-order valence-electron chi connectivity index (χ2n) is 8.37. The molecular formula is C27H24N2O7S. The molecule has 1 aliphatic heterocycles. The molecule has 0 unspecified atom stereocenters. The van der Waals surface area contributed by atoms with Gasteiger partial charge in [0.05, 0.1) is 25.2 Å². The number of rotatable bonds is 6. The molecule has 0 radical (unpaired) electrons. The fraction of sp³-hybridized carbons (Fsp3) is 0.185. The number of anilines is 1. The van der Waals surface area contributed by atoms with Crippen molar-refractivity contribution < 1.29 is 27.1 Å². The van der Waals surface area contributed by atoms with E-state index in [1.807, 2.05) is 0 Å². The Bertz CT molecular complexity index is 1640. The fourth-order valence-corrected chi connectivity index (χ4v) is 5.88. The average molecular weight is 521 g/mol. The van der Waals surface area contributed by atoms with Crippen molar-refractivity contribution >= 4 is 32.6 Å². The minimum atomic E-state index is -3.75. The molecule has 10 heteroatoms. The number of amides is 1. The highest BCUT2D eigenvalue weighted by molar-refractivity contribution is 7.89. The van der Waals surface area contributed by atoms with Crippen LogP contribution in [0.2, 0.25) is 0 Å². The average Bonchev–Trinajstić information content (AvgIpc) is 2.93. The van der Waals surface area contributed by atoms with E-state index >= 15 is 0 Å². The van der Waals surface area contributed by atoms with Gasteiger partial charge in [-0.25, -0.2) is 13.2 Å². The Balaban J connectivity index is 1.46. The number of nitrogens with one attached hydrogen (secondary N) is 1. The first kappa shape index (κ1) is 24.7. The molecule has 1 fully saturated rings. The van der Waals surface area contributed by atoms with Crippen molar-refractivity contribution in [3.63, 3.8) is 0 Å². The Morgan fingerprint density at radius 2 is 1.73 bits per heavy atom. The van der Waals surface area contributed by atoms with Crippen molar-refractivity contribution in [3.05, 3.63) is 88.8 Å². The van der Waals surface area contributed by atoms with Gasteiger partial charge < -0.3 is 19.2 Å². The van der Waals surface area contributed by atoms with Gasteiger partial charge in [0.1, 0.15) is 5.56 Å². The summed E-state index contributed by atoms with van der Waals surface area (Å²) < 4.78 is 44.0. The van der Waals surface area contributed by atoms with E-state index < -0.39 is 21.6 Å². The van der Waals surface area contributed by atoms with Crippen LogP contribution in [0.5, 0.6) is 5.75 Å². The molecule has 0 atom stereocenters. The lowest BCUT2D eigenvalue weighted by atomic mass is 10.0. The Labute approximate surface area is 213 Å². The van der Waals surface area contributed by atoms with Crippen LogP contribution in [0.1, 0.15) is 10.4 Å². The standard InChI is InChI=1S/C27H24N2O7S/c1-34-23-10-5-7-19-17-22(27(31)36-25(19)23)26(30)28-20-8-4-6-18(16-20)21-9-2-3-11-24(21)37(32,33)29-12-14-35-15-13-29/h2-11,16-17H,12-15H2,1H3,(H,28,30). The largest absolute Gasteiger partial charge is 0.493 e. The maximum Gasteiger partial charge on any atom is 0.349 e. The number of fused-ring (bicyclic) bond motifs is 1. The molecule has 1 saturated heterocycles. The Hall–Kier alpha value is -3.99. The van der Waals surface area contributed by atoms with E-state index in [1.165, 1.54) is 17.5 Å². The first-order chi connectivity index (χ1) is 17.9. The van der Waals surface area contributed by atoms with Gasteiger partial charge >= 0.3 is 5.63 Å². The van der Waals surface area contributed by atoms with Crippen LogP contribution in [0.3, 0.4) is 0 Å². The van der Waals surface area contributed by atoms with Gasteiger partial charge in [0.25, 0.3) is 5.91 Å². The molecule has 5 rings (SSSR count). The van der Waals surface area contributed by atoms with Crippen LogP contribution in [0, 0.1) is 0 Å². The number of ether oxygens (including phenoxy) is 2. The summed E-state index contributed by atoms with van der Waals surface area (Å²) in [7, 11) is -2.28. The highest BCUT2D eigenvalue weighted by atomic mass is 32.2. The smallest absolute Gasteiger partial charge is 0.349 e. The van der Waals surface area contributed by atoms with Gasteiger partial charge in [0, 0.05) is 29.7 Å². The Morgan fingerprint density at radius 3 is 2.51 bits per heavy atom. The number of carbonyl (C=O) groups is 1. The Morgan fingerprint density at radius 1 is 0.973 bits per heavy atom. The summed E-state index contributed by atoms with van der Waals surface area (Å²) in [4.78, 5) is 25.7. The van der Waals surface area contributed by atoms with E-state index in [9.17, 15) is 18.0 Å². The van der Waals surface area contributed by atoms with Crippen LogP contribution < -0.4 is 15.7 Å². The first-order valence-electron chi connectivity index (χ1n) is 11.6. The van der Waals surface area contributed by atoms with Crippen molar-refractivity contribution in [2.75, 3.05) is 38.7 Å². The molecule has 0 aliphatic carbocycles. The van der Waals surface area contributed by atoms with Crippen molar-refractivity contribution in [1.82, 2.24) is 4.31 Å². The maximum absolute atomic E-state index is 13.4. The van der Waals surface area contributed by atoms with Crippen molar-refractivity contribution in [1.29, 1.82) is 0 Å². The number of para-hydroxylation sites is 1. The second-order valence-corrected chi connectivity index (χ2v) is 10.3. The van der Waals surface area contributed by atoms with Crippen LogP contribution >= 0.6 is 0 Å². The van der Waals surface area contributed by atoms with Gasteiger partial charge in [-0.15, -0.1) is 0 Å². The maximum atomic E-state index is 13.4. The third-order valence-corrected chi connectivity index (χ3v) is 8.05. The summed E-state index contributed by atoms with van der Waals surface area (Å²) in [5, 5.41) is 3.26. The topological polar surface area (TPSA) is 115 Å². The molecule has 3 aromatic carbocycles. The minimum absolute atomic E-state index is 0.165. The molecule has 9 nitrogen and oxygen atoms in total. The highest BCUT2D eigenvalue weighted by Gasteiger charge is 2.28. The zero-order chi connectivity index (χ0) is 26.0. The summed E-state index contributed by atoms with van der Waals surface area (Å²) in [6.45, 7) is 1.26. The third kappa shape index (κ3) is 4.86. The quantitative estimate of drug-likeness (QED) is 0.385. The lowest BCUT2D eigenvalue weighted by molar-refractivity contribution is 0.0730. The predicted molar refractivity (Wildman–Crippen MR) is 138 cm³/mol. The van der Waals surface area contributed by atoms with E-state index in [1.54, 1.807) is 66.7 Å². The van der Waals surface area contributed by atoms with Crippen molar-refractivity contribution in [2.24, 2.45) is 0 Å². The van der Waals surface area contributed by atoms with Crippen LogP contribution in [-0.4, -0.2) is 52.0 Å². The molecule has 1 N–H and O–H groups in total. The molecule has 1 aromatic heterocycles. The monoisotopic (exact) mass is 520 g/mol. The van der Waals surface area contributed by atoms with E-state index in [4.69, 9.17) is 13.9 Å². The number of carbonyl (C=O) groups excluding carboxylic acids is 1. The lowest BCUT2D eigenvalue weighted by Gasteiger charge is -2.27. The number of nitrogens with zero attached hydrogens (tertiary/aromatic N) is 1. The van der Waals surface area contributed by atoms with E-state index in [-0.39, 0.29) is 29.1 Å². The van der Waals surface area contributed by atoms with Gasteiger partial charge in [0.15, 0.2) is 11.3 Å². The molecule has 2 heterocycles. The second kappa shape index (κ2) is 10.2. The number of sulfonamides is 1. The van der Waals surface area contributed by atoms with Crippen LogP contribution in [-0.2, 0) is 14.8 Å². The molecule has 37 heavy (non-hydrogen) atoms. The lowest BCUT2D eigenvalue weighted by Crippen LogP contribution is -2.40. The molecule has 4 aromatic rings. The Kier molecular flexibility index (Phi) is 6.79. The molecule has 1 aliphatic rings. The molecule has 0 spiro atoms. The third-order valence-electron chi connectivity index (χ3n) is 6.09. The van der Waals surface area contributed by atoms with E-state index in [0.717, 1.165) is 0 Å². The SMILES string of the molecule is COc1cccc2cc(C(=O)Nc3cccc(-c4ccccc4S(=O)(=O)N4CCOCC4)c3)c(=O)oc12. The van der Waals surface area contributed by atoms with Gasteiger partial charge in [-0.05, 0) is 35.9 Å². The molecule has 1 amide bonds. The van der Waals surface area contributed by atoms with Crippen LogP contribution in [0.4, 0.5) is 5.69 Å². The summed E-state index contributed by atoms with van der Waals surface area (Å²) in [5.74, 6) is -0.259. The number of hydrogen-bond acceptors (Lipinski definition) is 7. The zero-order valence-electron chi connectivity index (χ0n) is 20.0. The molecule has 190 valence electrons. The van der Waals surface area contributed by atoms with E-state index in [2.05, 4.69) is 5.32 Å². The van der Waals surface area contributed by atoms with Crippen molar-refractivity contribution in [3.8, 4) is 16.9 Å². The number of hydrogen-bond donors (Lipinski definition) is 1. The fourth-order valence-electron chi connectivity index (χ4n) is 4.26. The highest BCUT2D eigenvalue weighted by Crippen LogP contribution is 2.31. The predicted octanol–water partition coefficient (Wildman–Crippen LogP) is 3.74. The van der Waals surface area contributed by atoms with Gasteiger partial charge in [-0.3, -0.25) is 4.79 Å². The van der Waals surface area contributed by atoms with Gasteiger partial charge in [-0.1, -0.05) is 42.5 Å². The van der Waals surface area contributed by atoms with Crippen LogP contribution in [0.15, 0.2) is 86.9 Å². The summed E-state index contributed by atoms with van der Waals surface area (Å²) in [5.41, 5.74) is 0.787. The summed E-state index contributed by atoms with van der Waals surface area (Å²) >= 11 is 0. The number of benzene rings is 3. The number of morpholine rings is 1.